The van der Waals surface area contributed by atoms with E-state index in [0.717, 1.165) is 31.8 Å². The van der Waals surface area contributed by atoms with E-state index in [9.17, 15) is 4.79 Å². The molecule has 0 radical (unpaired) electrons. The summed E-state index contributed by atoms with van der Waals surface area (Å²) in [4.78, 5) is 14.7. The number of likely N-dealkylation sites (tertiary alicyclic amines) is 1. The lowest BCUT2D eigenvalue weighted by Gasteiger charge is -2.28. The second-order valence-electron chi connectivity index (χ2n) is 6.61. The second-order valence-corrected chi connectivity index (χ2v) is 6.61. The standard InChI is InChI=1S/C16H30N2O/c1-13-9-10-18(16(19)15(11-13)17-2)12-14-7-5-3-4-6-8-14/h13-15,17H,3-12H2,1-2H3. The van der Waals surface area contributed by atoms with Crippen molar-refractivity contribution in [1.29, 1.82) is 0 Å². The van der Waals surface area contributed by atoms with Gasteiger partial charge in [0.2, 0.25) is 5.91 Å². The summed E-state index contributed by atoms with van der Waals surface area (Å²) in [6, 6.07) is 0.0447. The van der Waals surface area contributed by atoms with Crippen molar-refractivity contribution in [3.8, 4) is 0 Å². The van der Waals surface area contributed by atoms with Gasteiger partial charge in [0.15, 0.2) is 0 Å². The number of hydrogen-bond acceptors (Lipinski definition) is 2. The van der Waals surface area contributed by atoms with Gasteiger partial charge in [-0.05, 0) is 44.6 Å². The van der Waals surface area contributed by atoms with E-state index in [-0.39, 0.29) is 6.04 Å². The maximum absolute atomic E-state index is 12.5. The van der Waals surface area contributed by atoms with Crippen molar-refractivity contribution in [2.75, 3.05) is 20.1 Å². The normalized spacial score (nSPS) is 31.1. The van der Waals surface area contributed by atoms with E-state index in [1.165, 1.54) is 38.5 Å². The number of amides is 1. The summed E-state index contributed by atoms with van der Waals surface area (Å²) in [6.07, 6.45) is 10.3. The number of carbonyl (C=O) groups is 1. The van der Waals surface area contributed by atoms with Gasteiger partial charge in [-0.25, -0.2) is 0 Å². The molecule has 1 saturated carbocycles. The van der Waals surface area contributed by atoms with Gasteiger partial charge in [-0.1, -0.05) is 32.6 Å². The molecule has 0 aromatic carbocycles. The number of carbonyl (C=O) groups excluding carboxylic acids is 1. The summed E-state index contributed by atoms with van der Waals surface area (Å²) in [5.74, 6) is 1.74. The number of rotatable bonds is 3. The van der Waals surface area contributed by atoms with Crippen LogP contribution in [-0.4, -0.2) is 37.0 Å². The summed E-state index contributed by atoms with van der Waals surface area (Å²) in [7, 11) is 1.92. The van der Waals surface area contributed by atoms with E-state index in [1.807, 2.05) is 7.05 Å². The third-order valence-electron chi connectivity index (χ3n) is 4.94. The van der Waals surface area contributed by atoms with Crippen LogP contribution in [-0.2, 0) is 4.79 Å². The molecule has 1 heterocycles. The Morgan fingerprint density at radius 2 is 1.84 bits per heavy atom. The zero-order chi connectivity index (χ0) is 13.7. The van der Waals surface area contributed by atoms with Crippen LogP contribution in [0.3, 0.4) is 0 Å². The van der Waals surface area contributed by atoms with Crippen LogP contribution in [0.15, 0.2) is 0 Å². The fourth-order valence-corrected chi connectivity index (χ4v) is 3.61. The Labute approximate surface area is 118 Å². The van der Waals surface area contributed by atoms with E-state index in [0.29, 0.717) is 11.8 Å². The van der Waals surface area contributed by atoms with Gasteiger partial charge in [-0.2, -0.15) is 0 Å². The molecule has 1 amide bonds. The van der Waals surface area contributed by atoms with E-state index >= 15 is 0 Å². The summed E-state index contributed by atoms with van der Waals surface area (Å²) in [5, 5.41) is 3.21. The third kappa shape index (κ3) is 4.20. The molecule has 3 heteroatoms. The van der Waals surface area contributed by atoms with Crippen molar-refractivity contribution < 1.29 is 4.79 Å². The van der Waals surface area contributed by atoms with Crippen molar-refractivity contribution in [2.24, 2.45) is 11.8 Å². The Hall–Kier alpha value is -0.570. The van der Waals surface area contributed by atoms with Crippen molar-refractivity contribution in [1.82, 2.24) is 10.2 Å². The Bertz CT molecular complexity index is 284. The molecule has 1 aliphatic carbocycles. The Morgan fingerprint density at radius 1 is 1.16 bits per heavy atom. The maximum atomic E-state index is 12.5. The largest absolute Gasteiger partial charge is 0.341 e. The molecule has 1 aliphatic heterocycles. The van der Waals surface area contributed by atoms with Crippen LogP contribution >= 0.6 is 0 Å². The molecular weight excluding hydrogens is 236 g/mol. The van der Waals surface area contributed by atoms with Crippen molar-refractivity contribution in [3.63, 3.8) is 0 Å². The van der Waals surface area contributed by atoms with Gasteiger partial charge in [-0.3, -0.25) is 4.79 Å². The van der Waals surface area contributed by atoms with Gasteiger partial charge in [0.25, 0.3) is 0 Å². The molecule has 2 atom stereocenters. The smallest absolute Gasteiger partial charge is 0.239 e. The number of nitrogens with zero attached hydrogens (tertiary/aromatic N) is 1. The molecule has 0 aromatic heterocycles. The number of hydrogen-bond donors (Lipinski definition) is 1. The van der Waals surface area contributed by atoms with Crippen molar-refractivity contribution in [3.05, 3.63) is 0 Å². The number of likely N-dealkylation sites (N-methyl/N-ethyl adjacent to an activating group) is 1. The van der Waals surface area contributed by atoms with Crippen LogP contribution < -0.4 is 5.32 Å². The summed E-state index contributed by atoms with van der Waals surface area (Å²) in [6.45, 7) is 4.24. The molecule has 3 nitrogen and oxygen atoms in total. The first-order valence-electron chi connectivity index (χ1n) is 8.16. The molecule has 1 N–H and O–H groups in total. The topological polar surface area (TPSA) is 32.3 Å². The summed E-state index contributed by atoms with van der Waals surface area (Å²) in [5.41, 5.74) is 0. The molecule has 2 fully saturated rings. The van der Waals surface area contributed by atoms with Crippen LogP contribution in [0.25, 0.3) is 0 Å². The molecule has 2 aliphatic rings. The first-order chi connectivity index (χ1) is 9.20. The lowest BCUT2D eigenvalue weighted by Crippen LogP contribution is -2.45. The molecule has 0 aromatic rings. The minimum atomic E-state index is 0.0447. The van der Waals surface area contributed by atoms with Gasteiger partial charge in [0.1, 0.15) is 0 Å². The SMILES string of the molecule is CNC1CC(C)CCN(CC2CCCCCC2)C1=O. The Morgan fingerprint density at radius 3 is 2.47 bits per heavy atom. The summed E-state index contributed by atoms with van der Waals surface area (Å²) >= 11 is 0. The van der Waals surface area contributed by atoms with Crippen LogP contribution in [0.2, 0.25) is 0 Å². The highest BCUT2D eigenvalue weighted by molar-refractivity contribution is 5.82. The van der Waals surface area contributed by atoms with Crippen LogP contribution in [0.1, 0.15) is 58.3 Å². The molecular formula is C16H30N2O. The van der Waals surface area contributed by atoms with E-state index in [4.69, 9.17) is 0 Å². The first-order valence-corrected chi connectivity index (χ1v) is 8.16. The van der Waals surface area contributed by atoms with Gasteiger partial charge < -0.3 is 10.2 Å². The van der Waals surface area contributed by atoms with Gasteiger partial charge in [-0.15, -0.1) is 0 Å². The first kappa shape index (κ1) is 14.8. The zero-order valence-electron chi connectivity index (χ0n) is 12.7. The highest BCUT2D eigenvalue weighted by Crippen LogP contribution is 2.25. The fourth-order valence-electron chi connectivity index (χ4n) is 3.61. The predicted octanol–water partition coefficient (Wildman–Crippen LogP) is 2.80. The quantitative estimate of drug-likeness (QED) is 0.797. The molecule has 0 bridgehead atoms. The minimum Gasteiger partial charge on any atom is -0.341 e. The molecule has 19 heavy (non-hydrogen) atoms. The predicted molar refractivity (Wildman–Crippen MR) is 79.0 cm³/mol. The molecule has 1 saturated heterocycles. The van der Waals surface area contributed by atoms with Gasteiger partial charge in [0.05, 0.1) is 6.04 Å². The fraction of sp³-hybridized carbons (Fsp3) is 0.938. The second kappa shape index (κ2) is 7.28. The highest BCUT2D eigenvalue weighted by atomic mass is 16.2. The van der Waals surface area contributed by atoms with Crippen LogP contribution in [0.5, 0.6) is 0 Å². The molecule has 2 rings (SSSR count). The Balaban J connectivity index is 1.94. The van der Waals surface area contributed by atoms with Crippen LogP contribution in [0, 0.1) is 11.8 Å². The van der Waals surface area contributed by atoms with E-state index in [2.05, 4.69) is 17.1 Å². The van der Waals surface area contributed by atoms with Crippen molar-refractivity contribution >= 4 is 5.91 Å². The molecule has 0 spiro atoms. The van der Waals surface area contributed by atoms with Crippen molar-refractivity contribution in [2.45, 2.75) is 64.3 Å². The molecule has 110 valence electrons. The molecule has 2 unspecified atom stereocenters. The lowest BCUT2D eigenvalue weighted by molar-refractivity contribution is -0.133. The van der Waals surface area contributed by atoms with E-state index < -0.39 is 0 Å². The van der Waals surface area contributed by atoms with Crippen LogP contribution in [0.4, 0.5) is 0 Å². The maximum Gasteiger partial charge on any atom is 0.239 e. The van der Waals surface area contributed by atoms with E-state index in [1.54, 1.807) is 0 Å². The lowest BCUT2D eigenvalue weighted by atomic mass is 9.99. The zero-order valence-corrected chi connectivity index (χ0v) is 12.7. The highest BCUT2D eigenvalue weighted by Gasteiger charge is 2.30. The Kier molecular flexibility index (Phi) is 5.68. The monoisotopic (exact) mass is 266 g/mol. The average Bonchev–Trinajstić information content (AvgIpc) is 2.73. The minimum absolute atomic E-state index is 0.0447. The third-order valence-corrected chi connectivity index (χ3v) is 4.94. The van der Waals surface area contributed by atoms with Gasteiger partial charge in [0, 0.05) is 13.1 Å². The number of nitrogens with one attached hydrogen (secondary N) is 1. The van der Waals surface area contributed by atoms with Gasteiger partial charge >= 0.3 is 0 Å². The average molecular weight is 266 g/mol. The summed E-state index contributed by atoms with van der Waals surface area (Å²) < 4.78 is 0.